The van der Waals surface area contributed by atoms with Gasteiger partial charge in [0.25, 0.3) is 15.6 Å². The lowest BCUT2D eigenvalue weighted by Gasteiger charge is -2.39. The Balaban J connectivity index is 2.58. The van der Waals surface area contributed by atoms with Crippen LogP contribution in [0.25, 0.3) is 0 Å². The first-order valence-electron chi connectivity index (χ1n) is 5.80. The van der Waals surface area contributed by atoms with Crippen LogP contribution >= 0.6 is 0 Å². The predicted molar refractivity (Wildman–Crippen MR) is 68.7 cm³/mol. The lowest BCUT2D eigenvalue weighted by atomic mass is 10.0. The zero-order valence-electron chi connectivity index (χ0n) is 10.9. The van der Waals surface area contributed by atoms with Crippen LogP contribution in [0, 0.1) is 0 Å². The van der Waals surface area contributed by atoms with E-state index in [2.05, 4.69) is 10.3 Å². The van der Waals surface area contributed by atoms with Gasteiger partial charge in [-0.25, -0.2) is 13.2 Å². The van der Waals surface area contributed by atoms with E-state index < -0.39 is 37.6 Å². The first-order chi connectivity index (χ1) is 9.17. The average Bonchev–Trinajstić information content (AvgIpc) is 2.31. The molecule has 3 N–H and O–H groups in total. The number of amides is 1. The number of aromatic amines is 2. The predicted octanol–water partition coefficient (Wildman–Crippen LogP) is -2.04. The first-order valence-corrected chi connectivity index (χ1v) is 7.24. The maximum atomic E-state index is 12.5. The summed E-state index contributed by atoms with van der Waals surface area (Å²) in [5, 5.41) is 2.56. The van der Waals surface area contributed by atoms with Crippen LogP contribution in [0.2, 0.25) is 0 Å². The highest BCUT2D eigenvalue weighted by Crippen LogP contribution is 2.24. The summed E-state index contributed by atoms with van der Waals surface area (Å²) in [5.74, 6) is -0.451. The monoisotopic (exact) mass is 302 g/mol. The van der Waals surface area contributed by atoms with E-state index in [1.54, 1.807) is 0 Å². The van der Waals surface area contributed by atoms with Crippen molar-refractivity contribution in [2.24, 2.45) is 0 Å². The Morgan fingerprint density at radius 2 is 1.90 bits per heavy atom. The summed E-state index contributed by atoms with van der Waals surface area (Å²) in [7, 11) is -4.19. The molecule has 2 rings (SSSR count). The minimum atomic E-state index is -4.19. The summed E-state index contributed by atoms with van der Waals surface area (Å²) in [5.41, 5.74) is -3.14. The molecule has 0 aromatic carbocycles. The largest absolute Gasteiger partial charge is 0.353 e. The van der Waals surface area contributed by atoms with Gasteiger partial charge in [-0.15, -0.1) is 0 Å². The van der Waals surface area contributed by atoms with Crippen LogP contribution in [-0.4, -0.2) is 47.2 Å². The lowest BCUT2D eigenvalue weighted by Crippen LogP contribution is -2.63. The van der Waals surface area contributed by atoms with Crippen molar-refractivity contribution in [1.29, 1.82) is 0 Å². The number of hydrogen-bond donors (Lipinski definition) is 3. The molecule has 2 heterocycles. The normalized spacial score (nSPS) is 19.6. The third kappa shape index (κ3) is 2.16. The molecule has 0 unspecified atom stereocenters. The van der Waals surface area contributed by atoms with Gasteiger partial charge in [0.1, 0.15) is 5.54 Å². The maximum Gasteiger partial charge on any atom is 0.325 e. The van der Waals surface area contributed by atoms with Gasteiger partial charge in [0, 0.05) is 19.3 Å². The smallest absolute Gasteiger partial charge is 0.325 e. The van der Waals surface area contributed by atoms with E-state index in [-0.39, 0.29) is 13.1 Å². The van der Waals surface area contributed by atoms with Crippen molar-refractivity contribution in [2.75, 3.05) is 13.1 Å². The van der Waals surface area contributed by atoms with Gasteiger partial charge in [0.15, 0.2) is 4.90 Å². The Labute approximate surface area is 114 Å². The molecule has 0 aliphatic carbocycles. The van der Waals surface area contributed by atoms with Gasteiger partial charge >= 0.3 is 5.69 Å². The second-order valence-electron chi connectivity index (χ2n) is 4.83. The Morgan fingerprint density at radius 1 is 1.25 bits per heavy atom. The molecule has 0 bridgehead atoms. The van der Waals surface area contributed by atoms with E-state index in [1.165, 1.54) is 13.8 Å². The van der Waals surface area contributed by atoms with Crippen molar-refractivity contribution < 1.29 is 13.2 Å². The van der Waals surface area contributed by atoms with Crippen molar-refractivity contribution in [1.82, 2.24) is 19.6 Å². The quantitative estimate of drug-likeness (QED) is 0.579. The van der Waals surface area contributed by atoms with Crippen molar-refractivity contribution in [3.05, 3.63) is 27.0 Å². The zero-order chi connectivity index (χ0) is 15.1. The molecule has 1 amide bonds. The van der Waals surface area contributed by atoms with E-state index in [0.717, 1.165) is 10.5 Å². The maximum absolute atomic E-state index is 12.5. The van der Waals surface area contributed by atoms with Crippen molar-refractivity contribution in [2.45, 2.75) is 24.3 Å². The average molecular weight is 302 g/mol. The molecule has 0 saturated carbocycles. The fourth-order valence-electron chi connectivity index (χ4n) is 2.01. The Morgan fingerprint density at radius 3 is 2.50 bits per heavy atom. The first kappa shape index (κ1) is 14.5. The van der Waals surface area contributed by atoms with Gasteiger partial charge < -0.3 is 10.3 Å². The number of nitrogens with one attached hydrogen (secondary N) is 3. The van der Waals surface area contributed by atoms with Crippen molar-refractivity contribution >= 4 is 15.9 Å². The van der Waals surface area contributed by atoms with Gasteiger partial charge in [-0.05, 0) is 13.8 Å². The van der Waals surface area contributed by atoms with Gasteiger partial charge in [-0.1, -0.05) is 0 Å². The van der Waals surface area contributed by atoms with Crippen LogP contribution in [0.3, 0.4) is 0 Å². The molecule has 1 aromatic heterocycles. The topological polar surface area (TPSA) is 132 Å². The number of H-pyrrole nitrogens is 2. The number of carbonyl (C=O) groups is 1. The molecule has 110 valence electrons. The van der Waals surface area contributed by atoms with E-state index in [1.807, 2.05) is 4.98 Å². The number of carbonyl (C=O) groups excluding carboxylic acids is 1. The highest BCUT2D eigenvalue weighted by Gasteiger charge is 2.45. The van der Waals surface area contributed by atoms with E-state index in [4.69, 9.17) is 0 Å². The van der Waals surface area contributed by atoms with Gasteiger partial charge in [0.05, 0.1) is 0 Å². The number of nitrogens with zero attached hydrogens (tertiary/aromatic N) is 1. The molecule has 0 radical (unpaired) electrons. The molecule has 1 saturated heterocycles. The number of rotatable bonds is 2. The minimum Gasteiger partial charge on any atom is -0.353 e. The van der Waals surface area contributed by atoms with Crippen LogP contribution < -0.4 is 16.6 Å². The zero-order valence-corrected chi connectivity index (χ0v) is 11.7. The third-order valence-electron chi connectivity index (χ3n) is 3.13. The number of sulfonamides is 1. The number of aromatic nitrogens is 2. The minimum absolute atomic E-state index is 0.0413. The molecular formula is C10H14N4O5S. The molecule has 1 aliphatic rings. The highest BCUT2D eigenvalue weighted by molar-refractivity contribution is 7.89. The summed E-state index contributed by atoms with van der Waals surface area (Å²) in [6, 6.07) is 0. The van der Waals surface area contributed by atoms with Gasteiger partial charge in [0.2, 0.25) is 5.91 Å². The van der Waals surface area contributed by atoms with Crippen LogP contribution in [0.15, 0.2) is 20.7 Å². The van der Waals surface area contributed by atoms with E-state index >= 15 is 0 Å². The Kier molecular flexibility index (Phi) is 3.30. The molecule has 0 atom stereocenters. The van der Waals surface area contributed by atoms with Gasteiger partial charge in [-0.3, -0.25) is 14.6 Å². The molecule has 0 spiro atoms. The summed E-state index contributed by atoms with van der Waals surface area (Å²) in [4.78, 5) is 37.7. The summed E-state index contributed by atoms with van der Waals surface area (Å²) in [6.07, 6.45) is 0.832. The SMILES string of the molecule is CC1(C)C(=O)NCCN1S(=O)(=O)c1c[nH]c(=O)[nH]c1=O. The van der Waals surface area contributed by atoms with Crippen LogP contribution in [0.1, 0.15) is 13.8 Å². The van der Waals surface area contributed by atoms with Crippen LogP contribution in [0.4, 0.5) is 0 Å². The van der Waals surface area contributed by atoms with E-state index in [0.29, 0.717) is 0 Å². The molecule has 20 heavy (non-hydrogen) atoms. The second-order valence-corrected chi connectivity index (χ2v) is 6.66. The van der Waals surface area contributed by atoms with Crippen LogP contribution in [-0.2, 0) is 14.8 Å². The van der Waals surface area contributed by atoms with Gasteiger partial charge in [-0.2, -0.15) is 4.31 Å². The molecule has 1 fully saturated rings. The lowest BCUT2D eigenvalue weighted by molar-refractivity contribution is -0.131. The molecule has 10 heteroatoms. The third-order valence-corrected chi connectivity index (χ3v) is 5.21. The Bertz CT molecular complexity index is 760. The van der Waals surface area contributed by atoms with E-state index in [9.17, 15) is 22.8 Å². The molecule has 1 aliphatic heterocycles. The fourth-order valence-corrected chi connectivity index (χ4v) is 3.75. The molecular weight excluding hydrogens is 288 g/mol. The molecule has 9 nitrogen and oxygen atoms in total. The Hall–Kier alpha value is -1.94. The fraction of sp³-hybridized carbons (Fsp3) is 0.500. The standard InChI is InChI=1S/C10H14N4O5S/c1-10(2)8(16)11-3-4-14(10)20(18,19)6-5-12-9(17)13-7(6)15/h5H,3-4H2,1-2H3,(H,11,16)(H2,12,13,15,17). The van der Waals surface area contributed by atoms with Crippen LogP contribution in [0.5, 0.6) is 0 Å². The summed E-state index contributed by atoms with van der Waals surface area (Å²) < 4.78 is 25.9. The van der Waals surface area contributed by atoms with Crippen molar-refractivity contribution in [3.8, 4) is 0 Å². The number of piperazine rings is 1. The second kappa shape index (κ2) is 4.56. The highest BCUT2D eigenvalue weighted by atomic mass is 32.2. The summed E-state index contributed by atoms with van der Waals surface area (Å²) >= 11 is 0. The van der Waals surface area contributed by atoms with Crippen molar-refractivity contribution in [3.63, 3.8) is 0 Å². The number of hydrogen-bond acceptors (Lipinski definition) is 5. The molecule has 1 aromatic rings. The summed E-state index contributed by atoms with van der Waals surface area (Å²) in [6.45, 7) is 3.08.